The van der Waals surface area contributed by atoms with Crippen molar-refractivity contribution in [2.24, 2.45) is 0 Å². The molecule has 0 saturated heterocycles. The van der Waals surface area contributed by atoms with E-state index in [1.165, 1.54) is 7.11 Å². The summed E-state index contributed by atoms with van der Waals surface area (Å²) in [5.74, 6) is 0.353. The van der Waals surface area contributed by atoms with Crippen molar-refractivity contribution in [2.45, 2.75) is 39.7 Å². The van der Waals surface area contributed by atoms with Crippen molar-refractivity contribution in [1.29, 1.82) is 0 Å². The van der Waals surface area contributed by atoms with Gasteiger partial charge in [-0.2, -0.15) is 0 Å². The number of ether oxygens (including phenoxy) is 3. The highest BCUT2D eigenvalue weighted by Crippen LogP contribution is 2.15. The van der Waals surface area contributed by atoms with Crippen LogP contribution in [0.4, 0.5) is 4.79 Å². The summed E-state index contributed by atoms with van der Waals surface area (Å²) >= 11 is 0. The Morgan fingerprint density at radius 3 is 2.50 bits per heavy atom. The average molecular weight is 337 g/mol. The van der Waals surface area contributed by atoms with E-state index in [1.54, 1.807) is 11.0 Å². The molecule has 0 saturated carbocycles. The van der Waals surface area contributed by atoms with E-state index in [1.807, 2.05) is 45.9 Å². The second-order valence-corrected chi connectivity index (χ2v) is 6.31. The SMILES string of the molecule is CCN(CCOc1cccc(CC(=O)OC)c1)C(=O)OC(C)(C)C. The first-order chi connectivity index (χ1) is 11.2. The third kappa shape index (κ3) is 7.35. The van der Waals surface area contributed by atoms with Gasteiger partial charge < -0.3 is 19.1 Å². The molecule has 0 spiro atoms. The number of carbonyl (C=O) groups is 2. The Morgan fingerprint density at radius 1 is 1.21 bits per heavy atom. The zero-order valence-corrected chi connectivity index (χ0v) is 15.1. The van der Waals surface area contributed by atoms with E-state index >= 15 is 0 Å². The molecule has 0 aliphatic heterocycles. The number of hydrogen-bond donors (Lipinski definition) is 0. The van der Waals surface area contributed by atoms with Gasteiger partial charge in [0, 0.05) is 6.54 Å². The zero-order valence-electron chi connectivity index (χ0n) is 15.1. The third-order valence-electron chi connectivity index (χ3n) is 3.14. The summed E-state index contributed by atoms with van der Waals surface area (Å²) in [5, 5.41) is 0. The van der Waals surface area contributed by atoms with Crippen LogP contribution in [0.1, 0.15) is 33.3 Å². The highest BCUT2D eigenvalue weighted by Gasteiger charge is 2.20. The minimum atomic E-state index is -0.520. The van der Waals surface area contributed by atoms with Crippen LogP contribution in [0.3, 0.4) is 0 Å². The molecular weight excluding hydrogens is 310 g/mol. The summed E-state index contributed by atoms with van der Waals surface area (Å²) in [4.78, 5) is 24.9. The minimum Gasteiger partial charge on any atom is -0.492 e. The van der Waals surface area contributed by atoms with Crippen LogP contribution in [0, 0.1) is 0 Å². The number of nitrogens with zero attached hydrogens (tertiary/aromatic N) is 1. The molecule has 0 N–H and O–H groups in total. The molecule has 1 aromatic carbocycles. The largest absolute Gasteiger partial charge is 0.492 e. The van der Waals surface area contributed by atoms with E-state index in [-0.39, 0.29) is 18.5 Å². The van der Waals surface area contributed by atoms with Crippen LogP contribution in [0.2, 0.25) is 0 Å². The lowest BCUT2D eigenvalue weighted by Crippen LogP contribution is -2.38. The van der Waals surface area contributed by atoms with E-state index in [4.69, 9.17) is 9.47 Å². The molecule has 0 unspecified atom stereocenters. The number of amides is 1. The Balaban J connectivity index is 2.52. The number of methoxy groups -OCH3 is 1. The number of hydrogen-bond acceptors (Lipinski definition) is 5. The van der Waals surface area contributed by atoms with Crippen molar-refractivity contribution >= 4 is 12.1 Å². The van der Waals surface area contributed by atoms with Crippen LogP contribution in [0.25, 0.3) is 0 Å². The van der Waals surface area contributed by atoms with Crippen LogP contribution < -0.4 is 4.74 Å². The van der Waals surface area contributed by atoms with Gasteiger partial charge in [-0.3, -0.25) is 4.79 Å². The van der Waals surface area contributed by atoms with Crippen molar-refractivity contribution in [1.82, 2.24) is 4.90 Å². The second kappa shape index (κ2) is 9.15. The van der Waals surface area contributed by atoms with Crippen LogP contribution >= 0.6 is 0 Å². The Kier molecular flexibility index (Phi) is 7.55. The van der Waals surface area contributed by atoms with Gasteiger partial charge in [0.2, 0.25) is 0 Å². The summed E-state index contributed by atoms with van der Waals surface area (Å²) in [6, 6.07) is 7.26. The first-order valence-corrected chi connectivity index (χ1v) is 8.01. The Labute approximate surface area is 143 Å². The van der Waals surface area contributed by atoms with Crippen molar-refractivity contribution in [3.63, 3.8) is 0 Å². The Morgan fingerprint density at radius 2 is 1.92 bits per heavy atom. The van der Waals surface area contributed by atoms with Gasteiger partial charge in [-0.05, 0) is 45.4 Å². The molecule has 1 amide bonds. The topological polar surface area (TPSA) is 65.1 Å². The highest BCUT2D eigenvalue weighted by molar-refractivity contribution is 5.72. The lowest BCUT2D eigenvalue weighted by molar-refractivity contribution is -0.139. The smallest absolute Gasteiger partial charge is 0.410 e. The molecule has 0 radical (unpaired) electrons. The van der Waals surface area contributed by atoms with E-state index in [0.717, 1.165) is 5.56 Å². The summed E-state index contributed by atoms with van der Waals surface area (Å²) in [6.45, 7) is 8.70. The number of rotatable bonds is 7. The molecule has 0 aliphatic carbocycles. The lowest BCUT2D eigenvalue weighted by atomic mass is 10.1. The molecule has 0 aliphatic rings. The average Bonchev–Trinajstić information content (AvgIpc) is 2.50. The van der Waals surface area contributed by atoms with E-state index in [0.29, 0.717) is 25.4 Å². The lowest BCUT2D eigenvalue weighted by Gasteiger charge is -2.26. The Hall–Kier alpha value is -2.24. The van der Waals surface area contributed by atoms with E-state index < -0.39 is 5.60 Å². The van der Waals surface area contributed by atoms with Gasteiger partial charge >= 0.3 is 12.1 Å². The first kappa shape index (κ1) is 19.8. The highest BCUT2D eigenvalue weighted by atomic mass is 16.6. The molecule has 0 atom stereocenters. The number of likely N-dealkylation sites (N-methyl/N-ethyl adjacent to an activating group) is 1. The fourth-order valence-corrected chi connectivity index (χ4v) is 1.96. The normalized spacial score (nSPS) is 10.9. The summed E-state index contributed by atoms with van der Waals surface area (Å²) in [6.07, 6.45) is -0.153. The summed E-state index contributed by atoms with van der Waals surface area (Å²) < 4.78 is 15.7. The maximum Gasteiger partial charge on any atom is 0.410 e. The third-order valence-corrected chi connectivity index (χ3v) is 3.14. The molecule has 1 aromatic rings. The van der Waals surface area contributed by atoms with Gasteiger partial charge in [-0.1, -0.05) is 12.1 Å². The molecule has 24 heavy (non-hydrogen) atoms. The molecule has 0 aromatic heterocycles. The molecule has 0 bridgehead atoms. The van der Waals surface area contributed by atoms with Crippen molar-refractivity contribution < 1.29 is 23.8 Å². The van der Waals surface area contributed by atoms with Crippen molar-refractivity contribution in [2.75, 3.05) is 26.8 Å². The Bertz CT molecular complexity index is 551. The maximum atomic E-state index is 12.0. The molecule has 0 fully saturated rings. The van der Waals surface area contributed by atoms with E-state index in [9.17, 15) is 9.59 Å². The zero-order chi connectivity index (χ0) is 18.2. The van der Waals surface area contributed by atoms with E-state index in [2.05, 4.69) is 4.74 Å². The van der Waals surface area contributed by atoms with Crippen LogP contribution in [-0.2, 0) is 20.7 Å². The van der Waals surface area contributed by atoms with Gasteiger partial charge in [0.15, 0.2) is 0 Å². The predicted molar refractivity (Wildman–Crippen MR) is 91.1 cm³/mol. The molecule has 134 valence electrons. The van der Waals surface area contributed by atoms with Crippen LogP contribution in [-0.4, -0.2) is 49.4 Å². The quantitative estimate of drug-likeness (QED) is 0.716. The number of esters is 1. The summed E-state index contributed by atoms with van der Waals surface area (Å²) in [5.41, 5.74) is 0.298. The van der Waals surface area contributed by atoms with Gasteiger partial charge in [0.05, 0.1) is 20.1 Å². The first-order valence-electron chi connectivity index (χ1n) is 8.01. The van der Waals surface area contributed by atoms with Crippen molar-refractivity contribution in [3.8, 4) is 5.75 Å². The monoisotopic (exact) mass is 337 g/mol. The van der Waals surface area contributed by atoms with Crippen LogP contribution in [0.15, 0.2) is 24.3 Å². The number of carbonyl (C=O) groups excluding carboxylic acids is 2. The molecule has 0 heterocycles. The maximum absolute atomic E-state index is 12.0. The van der Waals surface area contributed by atoms with Crippen LogP contribution in [0.5, 0.6) is 5.75 Å². The molecular formula is C18H27NO5. The van der Waals surface area contributed by atoms with Gasteiger partial charge in [0.25, 0.3) is 0 Å². The van der Waals surface area contributed by atoms with Gasteiger partial charge in [0.1, 0.15) is 18.0 Å². The van der Waals surface area contributed by atoms with Gasteiger partial charge in [-0.15, -0.1) is 0 Å². The minimum absolute atomic E-state index is 0.201. The standard InChI is InChI=1S/C18H27NO5/c1-6-19(17(21)24-18(2,3)4)10-11-23-15-9-7-8-14(12-15)13-16(20)22-5/h7-9,12H,6,10-11,13H2,1-5H3. The molecule has 6 heteroatoms. The predicted octanol–water partition coefficient (Wildman–Crippen LogP) is 3.04. The number of benzene rings is 1. The van der Waals surface area contributed by atoms with Gasteiger partial charge in [-0.25, -0.2) is 4.79 Å². The van der Waals surface area contributed by atoms with Crippen molar-refractivity contribution in [3.05, 3.63) is 29.8 Å². The second-order valence-electron chi connectivity index (χ2n) is 6.31. The fraction of sp³-hybridized carbons (Fsp3) is 0.556. The molecule has 1 rings (SSSR count). The fourth-order valence-electron chi connectivity index (χ4n) is 1.96. The summed E-state index contributed by atoms with van der Waals surface area (Å²) in [7, 11) is 1.36. The molecule has 6 nitrogen and oxygen atoms in total.